The summed E-state index contributed by atoms with van der Waals surface area (Å²) < 4.78 is 5.40. The molecule has 2 fully saturated rings. The Bertz CT molecular complexity index is 589. The van der Waals surface area contributed by atoms with Crippen molar-refractivity contribution < 1.29 is 19.4 Å². The number of amides is 1. The Morgan fingerprint density at radius 2 is 2.09 bits per heavy atom. The number of hydrogen-bond donors (Lipinski definition) is 2. The number of cyclic esters (lactones) is 1. The SMILES string of the molecule is NCc1ccc(N2CC(CN3CCCC3C(=O)O)OC2=O)cc1. The molecule has 2 unspecified atom stereocenters. The van der Waals surface area contributed by atoms with Gasteiger partial charge < -0.3 is 15.6 Å². The Kier molecular flexibility index (Phi) is 4.49. The molecule has 0 bridgehead atoms. The maximum Gasteiger partial charge on any atom is 0.414 e. The standard InChI is InChI=1S/C16H21N3O4/c17-8-11-3-5-12(6-4-11)19-10-13(23-16(19)22)9-18-7-1-2-14(18)15(20)21/h3-6,13-14H,1-2,7-10,17H2,(H,20,21). The lowest BCUT2D eigenvalue weighted by Crippen LogP contribution is -2.41. The van der Waals surface area contributed by atoms with Crippen LogP contribution in [0, 0.1) is 0 Å². The van der Waals surface area contributed by atoms with E-state index >= 15 is 0 Å². The second kappa shape index (κ2) is 6.55. The second-order valence-corrected chi connectivity index (χ2v) is 5.98. The van der Waals surface area contributed by atoms with Gasteiger partial charge in [0.15, 0.2) is 0 Å². The first kappa shape index (κ1) is 15.8. The fourth-order valence-electron chi connectivity index (χ4n) is 3.23. The molecule has 3 N–H and O–H groups in total. The highest BCUT2D eigenvalue weighted by atomic mass is 16.6. The molecule has 0 saturated carbocycles. The van der Waals surface area contributed by atoms with Crippen molar-refractivity contribution in [2.45, 2.75) is 31.5 Å². The number of carboxylic acids is 1. The van der Waals surface area contributed by atoms with Crippen molar-refractivity contribution in [1.29, 1.82) is 0 Å². The molecular formula is C16H21N3O4. The summed E-state index contributed by atoms with van der Waals surface area (Å²) in [6, 6.07) is 7.00. The third kappa shape index (κ3) is 3.30. The van der Waals surface area contributed by atoms with Crippen LogP contribution in [0.15, 0.2) is 24.3 Å². The van der Waals surface area contributed by atoms with Gasteiger partial charge in [-0.1, -0.05) is 12.1 Å². The zero-order chi connectivity index (χ0) is 16.4. The summed E-state index contributed by atoms with van der Waals surface area (Å²) in [6.07, 6.45) is 0.820. The van der Waals surface area contributed by atoms with Gasteiger partial charge in [-0.2, -0.15) is 0 Å². The Morgan fingerprint density at radius 1 is 1.35 bits per heavy atom. The first-order valence-electron chi connectivity index (χ1n) is 7.82. The number of carbonyl (C=O) groups excluding carboxylic acids is 1. The molecule has 124 valence electrons. The summed E-state index contributed by atoms with van der Waals surface area (Å²) >= 11 is 0. The highest BCUT2D eigenvalue weighted by molar-refractivity contribution is 5.89. The van der Waals surface area contributed by atoms with Gasteiger partial charge in [-0.15, -0.1) is 0 Å². The molecule has 2 aliphatic heterocycles. The van der Waals surface area contributed by atoms with Crippen LogP contribution in [0.1, 0.15) is 18.4 Å². The average molecular weight is 319 g/mol. The van der Waals surface area contributed by atoms with E-state index in [-0.39, 0.29) is 12.2 Å². The third-order valence-corrected chi connectivity index (χ3v) is 4.44. The quantitative estimate of drug-likeness (QED) is 0.841. The van der Waals surface area contributed by atoms with Crippen molar-refractivity contribution >= 4 is 17.7 Å². The number of hydrogen-bond acceptors (Lipinski definition) is 5. The van der Waals surface area contributed by atoms with Crippen LogP contribution in [-0.2, 0) is 16.1 Å². The first-order chi connectivity index (χ1) is 11.1. The molecule has 2 heterocycles. The molecule has 2 saturated heterocycles. The molecule has 0 radical (unpaired) electrons. The van der Waals surface area contributed by atoms with Crippen LogP contribution < -0.4 is 10.6 Å². The van der Waals surface area contributed by atoms with E-state index in [0.717, 1.165) is 24.2 Å². The molecule has 2 atom stereocenters. The molecule has 0 aromatic heterocycles. The van der Waals surface area contributed by atoms with E-state index in [1.807, 2.05) is 29.2 Å². The van der Waals surface area contributed by atoms with Crippen LogP contribution in [0.25, 0.3) is 0 Å². The van der Waals surface area contributed by atoms with E-state index in [1.54, 1.807) is 4.90 Å². The molecular weight excluding hydrogens is 298 g/mol. The number of benzene rings is 1. The third-order valence-electron chi connectivity index (χ3n) is 4.44. The minimum atomic E-state index is -0.805. The summed E-state index contributed by atoms with van der Waals surface area (Å²) in [6.45, 7) is 2.08. The smallest absolute Gasteiger partial charge is 0.414 e. The van der Waals surface area contributed by atoms with Gasteiger partial charge >= 0.3 is 12.1 Å². The van der Waals surface area contributed by atoms with Crippen LogP contribution in [0.3, 0.4) is 0 Å². The lowest BCUT2D eigenvalue weighted by Gasteiger charge is -2.23. The molecule has 1 aromatic carbocycles. The van der Waals surface area contributed by atoms with Crippen LogP contribution in [0.2, 0.25) is 0 Å². The fourth-order valence-corrected chi connectivity index (χ4v) is 3.23. The molecule has 7 nitrogen and oxygen atoms in total. The van der Waals surface area contributed by atoms with E-state index in [4.69, 9.17) is 10.5 Å². The van der Waals surface area contributed by atoms with E-state index < -0.39 is 12.0 Å². The van der Waals surface area contributed by atoms with Crippen LogP contribution in [0.4, 0.5) is 10.5 Å². The van der Waals surface area contributed by atoms with Gasteiger partial charge in [0.05, 0.1) is 6.54 Å². The molecule has 1 aromatic rings. The van der Waals surface area contributed by atoms with E-state index in [1.165, 1.54) is 0 Å². The van der Waals surface area contributed by atoms with Gasteiger partial charge in [0.25, 0.3) is 0 Å². The zero-order valence-electron chi connectivity index (χ0n) is 12.9. The van der Waals surface area contributed by atoms with Crippen LogP contribution >= 0.6 is 0 Å². The monoisotopic (exact) mass is 319 g/mol. The largest absolute Gasteiger partial charge is 0.480 e. The highest BCUT2D eigenvalue weighted by Crippen LogP contribution is 2.24. The summed E-state index contributed by atoms with van der Waals surface area (Å²) in [7, 11) is 0. The second-order valence-electron chi connectivity index (χ2n) is 5.98. The molecule has 2 aliphatic rings. The first-order valence-corrected chi connectivity index (χ1v) is 7.82. The molecule has 3 rings (SSSR count). The molecule has 7 heteroatoms. The normalized spacial score (nSPS) is 24.9. The number of nitrogens with zero attached hydrogens (tertiary/aromatic N) is 2. The number of rotatable bonds is 5. The summed E-state index contributed by atoms with van der Waals surface area (Å²) in [5, 5.41) is 9.22. The Morgan fingerprint density at radius 3 is 2.74 bits per heavy atom. The summed E-state index contributed by atoms with van der Waals surface area (Å²) in [5.74, 6) is -0.805. The summed E-state index contributed by atoms with van der Waals surface area (Å²) in [4.78, 5) is 26.8. The predicted octanol–water partition coefficient (Wildman–Crippen LogP) is 1.02. The Labute approximate surface area is 134 Å². The van der Waals surface area contributed by atoms with Crippen LogP contribution in [0.5, 0.6) is 0 Å². The van der Waals surface area contributed by atoms with Gasteiger partial charge in [0, 0.05) is 18.8 Å². The van der Waals surface area contributed by atoms with E-state index in [9.17, 15) is 14.7 Å². The minimum Gasteiger partial charge on any atom is -0.480 e. The van der Waals surface area contributed by atoms with Crippen molar-refractivity contribution in [3.63, 3.8) is 0 Å². The number of anilines is 1. The molecule has 23 heavy (non-hydrogen) atoms. The van der Waals surface area contributed by atoms with Gasteiger partial charge in [-0.25, -0.2) is 4.79 Å². The molecule has 0 aliphatic carbocycles. The summed E-state index contributed by atoms with van der Waals surface area (Å²) in [5.41, 5.74) is 7.34. The van der Waals surface area contributed by atoms with Crippen molar-refractivity contribution in [1.82, 2.24) is 4.90 Å². The van der Waals surface area contributed by atoms with Gasteiger partial charge in [-0.3, -0.25) is 14.6 Å². The number of carbonyl (C=O) groups is 2. The van der Waals surface area contributed by atoms with Crippen molar-refractivity contribution in [2.75, 3.05) is 24.5 Å². The maximum atomic E-state index is 12.1. The van der Waals surface area contributed by atoms with Crippen molar-refractivity contribution in [2.24, 2.45) is 5.73 Å². The lowest BCUT2D eigenvalue weighted by molar-refractivity contribution is -0.142. The number of carboxylic acid groups (broad SMARTS) is 1. The van der Waals surface area contributed by atoms with Crippen molar-refractivity contribution in [3.8, 4) is 0 Å². The highest BCUT2D eigenvalue weighted by Gasteiger charge is 2.37. The maximum absolute atomic E-state index is 12.1. The van der Waals surface area contributed by atoms with E-state index in [0.29, 0.717) is 26.1 Å². The topological polar surface area (TPSA) is 96.1 Å². The number of likely N-dealkylation sites (tertiary alicyclic amines) is 1. The lowest BCUT2D eigenvalue weighted by atomic mass is 10.2. The van der Waals surface area contributed by atoms with Gasteiger partial charge in [0.1, 0.15) is 12.1 Å². The fraction of sp³-hybridized carbons (Fsp3) is 0.500. The minimum absolute atomic E-state index is 0.309. The number of ether oxygens (including phenoxy) is 1. The van der Waals surface area contributed by atoms with E-state index in [2.05, 4.69) is 0 Å². The zero-order valence-corrected chi connectivity index (χ0v) is 12.9. The number of aliphatic carboxylic acids is 1. The van der Waals surface area contributed by atoms with Gasteiger partial charge in [-0.05, 0) is 37.1 Å². The average Bonchev–Trinajstić information content (AvgIpc) is 3.14. The predicted molar refractivity (Wildman–Crippen MR) is 84.2 cm³/mol. The molecule has 0 spiro atoms. The van der Waals surface area contributed by atoms with Gasteiger partial charge in [0.2, 0.25) is 0 Å². The Balaban J connectivity index is 1.64. The van der Waals surface area contributed by atoms with Crippen molar-refractivity contribution in [3.05, 3.63) is 29.8 Å². The molecule has 1 amide bonds. The number of nitrogens with two attached hydrogens (primary N) is 1. The van der Waals surface area contributed by atoms with Crippen LogP contribution in [-0.4, -0.2) is 53.8 Å². The Hall–Kier alpha value is -2.12.